The van der Waals surface area contributed by atoms with Crippen LogP contribution < -0.4 is 21.7 Å². The number of carbonyl (C=O) groups is 6. The highest BCUT2D eigenvalue weighted by Gasteiger charge is 2.32. The van der Waals surface area contributed by atoms with Crippen LogP contribution in [0.3, 0.4) is 0 Å². The lowest BCUT2D eigenvalue weighted by Gasteiger charge is -2.24. The summed E-state index contributed by atoms with van der Waals surface area (Å²) in [5.74, 6) is -6.52. The van der Waals surface area contributed by atoms with Crippen molar-refractivity contribution in [2.75, 3.05) is 12.0 Å². The molecule has 4 unspecified atom stereocenters. The van der Waals surface area contributed by atoms with Crippen LogP contribution in [-0.4, -0.2) is 87.1 Å². The summed E-state index contributed by atoms with van der Waals surface area (Å²) in [5, 5.41) is 34.0. The molecule has 4 atom stereocenters. The molecule has 0 aliphatic heterocycles. The molecule has 0 aromatic rings. The second kappa shape index (κ2) is 15.1. The lowest BCUT2D eigenvalue weighted by molar-refractivity contribution is -0.144. The molecule has 0 aliphatic carbocycles. The van der Waals surface area contributed by atoms with Gasteiger partial charge in [-0.15, -0.1) is 0 Å². The number of rotatable bonds is 16. The van der Waals surface area contributed by atoms with Crippen molar-refractivity contribution >= 4 is 47.4 Å². The summed E-state index contributed by atoms with van der Waals surface area (Å²) in [6.45, 7) is 3.49. The molecular formula is C19H32N4O9S. The molecular weight excluding hydrogens is 460 g/mol. The van der Waals surface area contributed by atoms with Gasteiger partial charge in [0.25, 0.3) is 0 Å². The van der Waals surface area contributed by atoms with Gasteiger partial charge >= 0.3 is 17.9 Å². The summed E-state index contributed by atoms with van der Waals surface area (Å²) in [4.78, 5) is 70.8. The van der Waals surface area contributed by atoms with Gasteiger partial charge < -0.3 is 37.0 Å². The van der Waals surface area contributed by atoms with Crippen molar-refractivity contribution in [3.63, 3.8) is 0 Å². The van der Waals surface area contributed by atoms with Crippen LogP contribution in [0.2, 0.25) is 0 Å². The predicted octanol–water partition coefficient (Wildman–Crippen LogP) is -1.40. The van der Waals surface area contributed by atoms with Crippen LogP contribution in [0.15, 0.2) is 0 Å². The summed E-state index contributed by atoms with van der Waals surface area (Å²) in [5.41, 5.74) is 5.51. The fourth-order valence-electron chi connectivity index (χ4n) is 2.69. The third-order valence-electron chi connectivity index (χ3n) is 4.31. The van der Waals surface area contributed by atoms with E-state index < -0.39 is 72.6 Å². The van der Waals surface area contributed by atoms with Gasteiger partial charge in [0.1, 0.15) is 18.1 Å². The Kier molecular flexibility index (Phi) is 13.7. The second-order valence-electron chi connectivity index (χ2n) is 7.74. The van der Waals surface area contributed by atoms with E-state index in [1.54, 1.807) is 20.1 Å². The summed E-state index contributed by atoms with van der Waals surface area (Å²) >= 11 is 1.35. The first-order valence-corrected chi connectivity index (χ1v) is 11.5. The minimum absolute atomic E-state index is 0.0833. The van der Waals surface area contributed by atoms with Gasteiger partial charge in [0.2, 0.25) is 17.7 Å². The smallest absolute Gasteiger partial charge is 0.326 e. The number of hydrogen-bond acceptors (Lipinski definition) is 8. The molecule has 0 radical (unpaired) electrons. The number of nitrogens with one attached hydrogen (secondary N) is 3. The van der Waals surface area contributed by atoms with Gasteiger partial charge in [-0.05, 0) is 30.8 Å². The van der Waals surface area contributed by atoms with E-state index >= 15 is 0 Å². The lowest BCUT2D eigenvalue weighted by atomic mass is 10.0. The molecule has 8 N–H and O–H groups in total. The molecule has 0 spiro atoms. The van der Waals surface area contributed by atoms with Crippen LogP contribution in [0.1, 0.15) is 39.5 Å². The van der Waals surface area contributed by atoms with Crippen LogP contribution in [0, 0.1) is 5.92 Å². The third-order valence-corrected chi connectivity index (χ3v) is 4.95. The van der Waals surface area contributed by atoms with Crippen molar-refractivity contribution in [2.45, 2.75) is 63.7 Å². The van der Waals surface area contributed by atoms with Crippen LogP contribution in [0.5, 0.6) is 0 Å². The van der Waals surface area contributed by atoms with Crippen LogP contribution in [0.4, 0.5) is 0 Å². The van der Waals surface area contributed by atoms with E-state index in [1.807, 2.05) is 0 Å². The Morgan fingerprint density at radius 1 is 0.788 bits per heavy atom. The van der Waals surface area contributed by atoms with Crippen LogP contribution in [-0.2, 0) is 28.8 Å². The minimum atomic E-state index is -1.61. The van der Waals surface area contributed by atoms with E-state index in [9.17, 15) is 33.9 Å². The highest BCUT2D eigenvalue weighted by atomic mass is 32.2. The monoisotopic (exact) mass is 492 g/mol. The van der Waals surface area contributed by atoms with Crippen LogP contribution in [0.25, 0.3) is 0 Å². The molecule has 0 bridgehead atoms. The van der Waals surface area contributed by atoms with Crippen LogP contribution >= 0.6 is 11.8 Å². The maximum absolute atomic E-state index is 12.7. The molecule has 14 heteroatoms. The van der Waals surface area contributed by atoms with Crippen molar-refractivity contribution < 1.29 is 44.1 Å². The quantitative estimate of drug-likeness (QED) is 0.133. The van der Waals surface area contributed by atoms with Crippen molar-refractivity contribution in [3.8, 4) is 0 Å². The third kappa shape index (κ3) is 12.7. The van der Waals surface area contributed by atoms with E-state index in [2.05, 4.69) is 16.0 Å². The number of carbonyl (C=O) groups excluding carboxylic acids is 3. The molecule has 188 valence electrons. The average molecular weight is 493 g/mol. The fraction of sp³-hybridized carbons (Fsp3) is 0.684. The molecule has 0 fully saturated rings. The summed E-state index contributed by atoms with van der Waals surface area (Å²) in [7, 11) is 0. The summed E-state index contributed by atoms with van der Waals surface area (Å²) < 4.78 is 0. The number of nitrogens with two attached hydrogens (primary N) is 1. The first-order chi connectivity index (χ1) is 15.3. The fourth-order valence-corrected chi connectivity index (χ4v) is 3.16. The van der Waals surface area contributed by atoms with Crippen molar-refractivity contribution in [2.24, 2.45) is 11.7 Å². The molecule has 0 aromatic carbocycles. The number of carboxylic acid groups (broad SMARTS) is 3. The first-order valence-electron chi connectivity index (χ1n) is 10.1. The molecule has 0 heterocycles. The number of amides is 3. The van der Waals surface area contributed by atoms with E-state index in [1.165, 1.54) is 11.8 Å². The number of thioether (sulfide) groups is 1. The van der Waals surface area contributed by atoms with Gasteiger partial charge in [-0.1, -0.05) is 13.8 Å². The number of hydrogen-bond donors (Lipinski definition) is 7. The van der Waals surface area contributed by atoms with E-state index in [0.717, 1.165) is 0 Å². The first kappa shape index (κ1) is 30.1. The Morgan fingerprint density at radius 2 is 1.27 bits per heavy atom. The Balaban J connectivity index is 5.49. The van der Waals surface area contributed by atoms with Gasteiger partial charge in [0.05, 0.1) is 18.9 Å². The Hall–Kier alpha value is -2.87. The summed E-state index contributed by atoms with van der Waals surface area (Å²) in [6.07, 6.45) is 0.425. The number of aliphatic carboxylic acids is 3. The van der Waals surface area contributed by atoms with Crippen molar-refractivity contribution in [1.29, 1.82) is 0 Å². The molecule has 3 amide bonds. The standard InChI is InChI=1S/C19H32N4O9S/c1-9(2)6-13(19(31)32)23-18(30)12(8-15(26)27)22-17(29)11(4-5-33-3)21-16(28)10(20)7-14(24)25/h9-13H,4-8,20H2,1-3H3,(H,21,28)(H,22,29)(H,23,30)(H,24,25)(H,26,27)(H,31,32). The van der Waals surface area contributed by atoms with Gasteiger partial charge in [-0.2, -0.15) is 11.8 Å². The topological polar surface area (TPSA) is 225 Å². The zero-order valence-corrected chi connectivity index (χ0v) is 19.5. The summed E-state index contributed by atoms with van der Waals surface area (Å²) in [6, 6.07) is -5.53. The zero-order chi connectivity index (χ0) is 25.7. The van der Waals surface area contributed by atoms with Gasteiger partial charge in [0.15, 0.2) is 0 Å². The van der Waals surface area contributed by atoms with Gasteiger partial charge in [0, 0.05) is 0 Å². The molecule has 13 nitrogen and oxygen atoms in total. The molecule has 33 heavy (non-hydrogen) atoms. The maximum atomic E-state index is 12.7. The number of carboxylic acids is 3. The van der Waals surface area contributed by atoms with E-state index in [-0.39, 0.29) is 18.8 Å². The normalized spacial score (nSPS) is 14.5. The second-order valence-corrected chi connectivity index (χ2v) is 8.72. The van der Waals surface area contributed by atoms with E-state index in [4.69, 9.17) is 15.9 Å². The van der Waals surface area contributed by atoms with Crippen molar-refractivity contribution in [1.82, 2.24) is 16.0 Å². The average Bonchev–Trinajstić information content (AvgIpc) is 2.68. The van der Waals surface area contributed by atoms with E-state index in [0.29, 0.717) is 5.75 Å². The molecule has 0 aromatic heterocycles. The van der Waals surface area contributed by atoms with Gasteiger partial charge in [-0.3, -0.25) is 24.0 Å². The zero-order valence-electron chi connectivity index (χ0n) is 18.7. The molecule has 0 rings (SSSR count). The predicted molar refractivity (Wildman–Crippen MR) is 118 cm³/mol. The highest BCUT2D eigenvalue weighted by molar-refractivity contribution is 7.98. The van der Waals surface area contributed by atoms with Crippen molar-refractivity contribution in [3.05, 3.63) is 0 Å². The Bertz CT molecular complexity index is 732. The SMILES string of the molecule is CSCCC(NC(=O)C(N)CC(=O)O)C(=O)NC(CC(=O)O)C(=O)NC(CC(C)C)C(=O)O. The largest absolute Gasteiger partial charge is 0.481 e. The minimum Gasteiger partial charge on any atom is -0.481 e. The Labute approximate surface area is 195 Å². The maximum Gasteiger partial charge on any atom is 0.326 e. The Morgan fingerprint density at radius 3 is 1.73 bits per heavy atom. The molecule has 0 saturated carbocycles. The lowest BCUT2D eigenvalue weighted by Crippen LogP contribution is -2.57. The molecule has 0 aliphatic rings. The van der Waals surface area contributed by atoms with Gasteiger partial charge in [-0.25, -0.2) is 4.79 Å². The molecule has 0 saturated heterocycles. The highest BCUT2D eigenvalue weighted by Crippen LogP contribution is 2.07.